The largest absolute Gasteiger partial charge is 0.307 e. The van der Waals surface area contributed by atoms with Crippen molar-refractivity contribution in [1.29, 1.82) is 0 Å². The van der Waals surface area contributed by atoms with Gasteiger partial charge in [0.05, 0.1) is 12.4 Å². The Morgan fingerprint density at radius 1 is 1.62 bits per heavy atom. The van der Waals surface area contributed by atoms with Crippen LogP contribution in [-0.2, 0) is 0 Å². The zero-order valence-electron chi connectivity index (χ0n) is 7.29. The fourth-order valence-corrected chi connectivity index (χ4v) is 1.45. The van der Waals surface area contributed by atoms with Crippen molar-refractivity contribution in [1.82, 2.24) is 14.5 Å². The molecule has 1 aliphatic heterocycles. The molecule has 0 bridgehead atoms. The van der Waals surface area contributed by atoms with Gasteiger partial charge in [0.1, 0.15) is 6.33 Å². The lowest BCUT2D eigenvalue weighted by Crippen LogP contribution is -2.32. The first-order valence-corrected chi connectivity index (χ1v) is 4.50. The maximum absolute atomic E-state index is 5.24. The van der Waals surface area contributed by atoms with Gasteiger partial charge >= 0.3 is 0 Å². The summed E-state index contributed by atoms with van der Waals surface area (Å²) in [6, 6.07) is 0.335. The predicted octanol–water partition coefficient (Wildman–Crippen LogP) is 0.749. The normalized spacial score (nSPS) is 21.0. The highest BCUT2D eigenvalue weighted by Gasteiger charge is 2.16. The van der Waals surface area contributed by atoms with Gasteiger partial charge in [-0.2, -0.15) is 0 Å². The molecular weight excluding hydrogens is 184 g/mol. The Balaban J connectivity index is 2.11. The Bertz CT molecular complexity index is 330. The summed E-state index contributed by atoms with van der Waals surface area (Å²) in [6.45, 7) is 2.92. The zero-order chi connectivity index (χ0) is 9.26. The van der Waals surface area contributed by atoms with Gasteiger partial charge in [0.25, 0.3) is 0 Å². The molecular formula is C8H10N4S. The molecule has 0 amide bonds. The summed E-state index contributed by atoms with van der Waals surface area (Å²) < 4.78 is 1.80. The summed E-state index contributed by atoms with van der Waals surface area (Å²) in [5.74, 6) is 0. The number of thiocarbonyl (C=S) groups is 1. The van der Waals surface area contributed by atoms with Gasteiger partial charge in [0.2, 0.25) is 0 Å². The molecule has 1 aliphatic rings. The number of aromatic nitrogens is 2. The van der Waals surface area contributed by atoms with Crippen molar-refractivity contribution in [2.75, 3.05) is 6.54 Å². The highest BCUT2D eigenvalue weighted by atomic mass is 32.1. The Hall–Kier alpha value is -1.23. The molecule has 0 radical (unpaired) electrons. The number of hydrogen-bond acceptors (Lipinski definition) is 3. The number of aliphatic imine (C=N–C) groups is 1. The summed E-state index contributed by atoms with van der Waals surface area (Å²) in [6.07, 6.45) is 7.02. The minimum absolute atomic E-state index is 0.335. The van der Waals surface area contributed by atoms with E-state index in [0.29, 0.717) is 6.04 Å². The molecule has 2 rings (SSSR count). The van der Waals surface area contributed by atoms with Gasteiger partial charge in [0, 0.05) is 18.9 Å². The molecule has 2 heterocycles. The van der Waals surface area contributed by atoms with E-state index < -0.39 is 0 Å². The van der Waals surface area contributed by atoms with Crippen molar-refractivity contribution in [2.45, 2.75) is 13.0 Å². The summed E-state index contributed by atoms with van der Waals surface area (Å²) in [7, 11) is 0. The maximum Gasteiger partial charge on any atom is 0.186 e. The van der Waals surface area contributed by atoms with Crippen molar-refractivity contribution in [3.63, 3.8) is 0 Å². The van der Waals surface area contributed by atoms with Gasteiger partial charge in [-0.05, 0) is 19.1 Å². The molecule has 68 valence electrons. The van der Waals surface area contributed by atoms with Crippen molar-refractivity contribution in [3.8, 4) is 0 Å². The first-order valence-electron chi connectivity index (χ1n) is 4.09. The van der Waals surface area contributed by atoms with Crippen LogP contribution in [0.4, 0.5) is 0 Å². The smallest absolute Gasteiger partial charge is 0.186 e. The lowest BCUT2D eigenvalue weighted by Gasteiger charge is -2.15. The van der Waals surface area contributed by atoms with Gasteiger partial charge in [-0.25, -0.2) is 4.98 Å². The Morgan fingerprint density at radius 2 is 2.46 bits per heavy atom. The van der Waals surface area contributed by atoms with Crippen LogP contribution in [0.15, 0.2) is 23.7 Å². The van der Waals surface area contributed by atoms with Gasteiger partial charge in [-0.3, -0.25) is 9.56 Å². The maximum atomic E-state index is 5.24. The van der Waals surface area contributed by atoms with Crippen molar-refractivity contribution in [3.05, 3.63) is 18.7 Å². The van der Waals surface area contributed by atoms with E-state index in [-0.39, 0.29) is 0 Å². The van der Waals surface area contributed by atoms with Crippen LogP contribution < -0.4 is 0 Å². The summed E-state index contributed by atoms with van der Waals surface area (Å²) in [5.41, 5.74) is 0. The van der Waals surface area contributed by atoms with Crippen LogP contribution in [-0.4, -0.2) is 38.5 Å². The first-order chi connectivity index (χ1) is 6.27. The second-order valence-corrected chi connectivity index (χ2v) is 3.38. The molecule has 4 nitrogen and oxygen atoms in total. The molecule has 0 saturated carbocycles. The minimum Gasteiger partial charge on any atom is -0.307 e. The van der Waals surface area contributed by atoms with E-state index in [2.05, 4.69) is 16.9 Å². The average molecular weight is 194 g/mol. The third-order valence-electron chi connectivity index (χ3n) is 1.89. The predicted molar refractivity (Wildman–Crippen MR) is 54.9 cm³/mol. The monoisotopic (exact) mass is 194 g/mol. The van der Waals surface area contributed by atoms with Crippen molar-refractivity contribution >= 4 is 23.7 Å². The number of imidazole rings is 1. The molecule has 1 aromatic rings. The molecule has 1 aromatic heterocycles. The van der Waals surface area contributed by atoms with Crippen LogP contribution in [0.5, 0.6) is 0 Å². The van der Waals surface area contributed by atoms with Crippen LogP contribution in [0, 0.1) is 0 Å². The third-order valence-corrected chi connectivity index (χ3v) is 2.34. The molecule has 0 spiro atoms. The van der Waals surface area contributed by atoms with Crippen molar-refractivity contribution in [2.24, 2.45) is 4.99 Å². The number of rotatable bonds is 0. The molecule has 0 N–H and O–H groups in total. The molecule has 0 aromatic carbocycles. The average Bonchev–Trinajstić information content (AvgIpc) is 2.72. The standard InChI is InChI=1S/C8H10N4S/c1-7-4-12(6-10-7)8(13)11-3-2-9-5-11/h2-3,5-7H,4H2,1H3. The fraction of sp³-hybridized carbons (Fsp3) is 0.375. The summed E-state index contributed by atoms with van der Waals surface area (Å²) in [5, 5.41) is 0.727. The van der Waals surface area contributed by atoms with Crippen LogP contribution >= 0.6 is 12.2 Å². The third kappa shape index (κ3) is 1.60. The van der Waals surface area contributed by atoms with E-state index in [9.17, 15) is 0 Å². The highest BCUT2D eigenvalue weighted by molar-refractivity contribution is 7.80. The van der Waals surface area contributed by atoms with Gasteiger partial charge in [-0.1, -0.05) is 0 Å². The second kappa shape index (κ2) is 3.26. The lowest BCUT2D eigenvalue weighted by atomic mass is 10.4. The Morgan fingerprint density at radius 3 is 3.00 bits per heavy atom. The van der Waals surface area contributed by atoms with E-state index in [0.717, 1.165) is 11.7 Å². The fourth-order valence-electron chi connectivity index (χ4n) is 1.22. The van der Waals surface area contributed by atoms with Crippen LogP contribution in [0.3, 0.4) is 0 Å². The Labute approximate surface area is 81.9 Å². The van der Waals surface area contributed by atoms with Gasteiger partial charge < -0.3 is 4.90 Å². The molecule has 13 heavy (non-hydrogen) atoms. The quantitative estimate of drug-likeness (QED) is 0.571. The summed E-state index contributed by atoms with van der Waals surface area (Å²) in [4.78, 5) is 10.1. The molecule has 5 heteroatoms. The van der Waals surface area contributed by atoms with Crippen LogP contribution in [0.2, 0.25) is 0 Å². The lowest BCUT2D eigenvalue weighted by molar-refractivity contribution is 0.598. The number of hydrogen-bond donors (Lipinski definition) is 0. The van der Waals surface area contributed by atoms with Crippen molar-refractivity contribution < 1.29 is 0 Å². The molecule has 1 unspecified atom stereocenters. The first kappa shape index (κ1) is 8.37. The van der Waals surface area contributed by atoms with Crippen LogP contribution in [0.1, 0.15) is 6.92 Å². The van der Waals surface area contributed by atoms with E-state index >= 15 is 0 Å². The summed E-state index contributed by atoms with van der Waals surface area (Å²) >= 11 is 5.24. The van der Waals surface area contributed by atoms with E-state index in [1.165, 1.54) is 0 Å². The number of nitrogens with zero attached hydrogens (tertiary/aromatic N) is 4. The van der Waals surface area contributed by atoms with Crippen LogP contribution in [0.25, 0.3) is 0 Å². The zero-order valence-corrected chi connectivity index (χ0v) is 8.11. The Kier molecular flexibility index (Phi) is 2.10. The second-order valence-electron chi connectivity index (χ2n) is 3.02. The highest BCUT2D eigenvalue weighted by Crippen LogP contribution is 2.05. The molecule has 1 atom stereocenters. The van der Waals surface area contributed by atoms with Gasteiger partial charge in [-0.15, -0.1) is 0 Å². The minimum atomic E-state index is 0.335. The van der Waals surface area contributed by atoms with E-state index in [1.807, 2.05) is 11.1 Å². The molecule has 0 fully saturated rings. The van der Waals surface area contributed by atoms with Gasteiger partial charge in [0.15, 0.2) is 5.11 Å². The molecule has 0 saturated heterocycles. The van der Waals surface area contributed by atoms with E-state index in [4.69, 9.17) is 12.2 Å². The SMILES string of the molecule is CC1CN(C(=S)n2ccnc2)C=N1. The van der Waals surface area contributed by atoms with E-state index in [1.54, 1.807) is 23.4 Å². The molecule has 0 aliphatic carbocycles. The topological polar surface area (TPSA) is 33.4 Å².